The van der Waals surface area contributed by atoms with Crippen molar-refractivity contribution in [3.05, 3.63) is 95.3 Å². The van der Waals surface area contributed by atoms with Gasteiger partial charge in [0.15, 0.2) is 5.78 Å². The third kappa shape index (κ3) is 5.91. The molecule has 9 heteroatoms. The van der Waals surface area contributed by atoms with Gasteiger partial charge in [-0.15, -0.1) is 0 Å². The van der Waals surface area contributed by atoms with E-state index in [2.05, 4.69) is 31.1 Å². The Morgan fingerprint density at radius 2 is 1.71 bits per heavy atom. The van der Waals surface area contributed by atoms with Crippen molar-refractivity contribution in [3.8, 4) is 5.75 Å². The minimum absolute atomic E-state index is 0.0617. The quantitative estimate of drug-likeness (QED) is 0.468. The van der Waals surface area contributed by atoms with Crippen LogP contribution in [0, 0.1) is 0 Å². The number of hydrogen-bond acceptors (Lipinski definition) is 6. The van der Waals surface area contributed by atoms with Gasteiger partial charge in [-0.1, -0.05) is 51.1 Å². The SMILES string of the molecule is COc1ccc(CC(NC(=O)c2ccc(C(C)(C)C)cc2)C(=O)N2CCC3C2C(=O)CN3C(=O)c2ccccn2)cc1. The fourth-order valence-electron chi connectivity index (χ4n) is 5.74. The molecule has 218 valence electrons. The highest BCUT2D eigenvalue weighted by Gasteiger charge is 2.52. The first-order valence-electron chi connectivity index (χ1n) is 14.2. The van der Waals surface area contributed by atoms with Gasteiger partial charge in [-0.3, -0.25) is 24.2 Å². The molecule has 5 rings (SSSR count). The summed E-state index contributed by atoms with van der Waals surface area (Å²) in [5, 5.41) is 2.94. The van der Waals surface area contributed by atoms with E-state index in [4.69, 9.17) is 4.74 Å². The van der Waals surface area contributed by atoms with Crippen LogP contribution < -0.4 is 10.1 Å². The number of pyridine rings is 1. The summed E-state index contributed by atoms with van der Waals surface area (Å²) >= 11 is 0. The van der Waals surface area contributed by atoms with Crippen LogP contribution in [0.3, 0.4) is 0 Å². The number of hydrogen-bond donors (Lipinski definition) is 1. The number of benzene rings is 2. The molecule has 2 saturated heterocycles. The molecular formula is C33H36N4O5. The molecule has 1 N–H and O–H groups in total. The number of amides is 3. The van der Waals surface area contributed by atoms with Gasteiger partial charge in [-0.05, 0) is 59.4 Å². The Labute approximate surface area is 245 Å². The fourth-order valence-corrected chi connectivity index (χ4v) is 5.74. The summed E-state index contributed by atoms with van der Waals surface area (Å²) < 4.78 is 5.26. The number of fused-ring (bicyclic) bond motifs is 1. The van der Waals surface area contributed by atoms with E-state index < -0.39 is 18.1 Å². The van der Waals surface area contributed by atoms with Crippen molar-refractivity contribution in [2.75, 3.05) is 20.2 Å². The largest absolute Gasteiger partial charge is 0.497 e. The van der Waals surface area contributed by atoms with E-state index in [1.54, 1.807) is 49.6 Å². The predicted molar refractivity (Wildman–Crippen MR) is 157 cm³/mol. The monoisotopic (exact) mass is 568 g/mol. The Balaban J connectivity index is 1.38. The zero-order valence-electron chi connectivity index (χ0n) is 24.4. The molecule has 3 aromatic rings. The van der Waals surface area contributed by atoms with Crippen molar-refractivity contribution < 1.29 is 23.9 Å². The van der Waals surface area contributed by atoms with E-state index in [0.717, 1.165) is 11.1 Å². The number of aromatic nitrogens is 1. The van der Waals surface area contributed by atoms with Gasteiger partial charge in [-0.2, -0.15) is 0 Å². The summed E-state index contributed by atoms with van der Waals surface area (Å²) in [4.78, 5) is 61.1. The van der Waals surface area contributed by atoms with Crippen LogP contribution in [0.5, 0.6) is 5.75 Å². The molecule has 3 atom stereocenters. The van der Waals surface area contributed by atoms with Gasteiger partial charge >= 0.3 is 0 Å². The molecule has 0 aliphatic carbocycles. The number of methoxy groups -OCH3 is 1. The van der Waals surface area contributed by atoms with Gasteiger partial charge in [0.1, 0.15) is 23.5 Å². The highest BCUT2D eigenvalue weighted by atomic mass is 16.5. The number of ketones is 1. The molecular weight excluding hydrogens is 532 g/mol. The van der Waals surface area contributed by atoms with Crippen molar-refractivity contribution in [2.24, 2.45) is 0 Å². The number of carbonyl (C=O) groups is 4. The van der Waals surface area contributed by atoms with Crippen LogP contribution in [0.4, 0.5) is 0 Å². The van der Waals surface area contributed by atoms with E-state index in [9.17, 15) is 19.2 Å². The van der Waals surface area contributed by atoms with Gasteiger partial charge in [0.25, 0.3) is 11.8 Å². The topological polar surface area (TPSA) is 109 Å². The summed E-state index contributed by atoms with van der Waals surface area (Å²) in [6.45, 7) is 6.53. The van der Waals surface area contributed by atoms with Crippen molar-refractivity contribution in [3.63, 3.8) is 0 Å². The summed E-state index contributed by atoms with van der Waals surface area (Å²) in [6, 6.07) is 17.6. The zero-order valence-corrected chi connectivity index (χ0v) is 24.4. The normalized spacial score (nSPS) is 18.9. The number of likely N-dealkylation sites (tertiary alicyclic amines) is 2. The van der Waals surface area contributed by atoms with Crippen LogP contribution in [-0.4, -0.2) is 76.6 Å². The Morgan fingerprint density at radius 1 is 1.00 bits per heavy atom. The Hall–Kier alpha value is -4.53. The number of nitrogens with one attached hydrogen (secondary N) is 1. The van der Waals surface area contributed by atoms with Gasteiger partial charge in [-0.25, -0.2) is 0 Å². The van der Waals surface area contributed by atoms with Crippen LogP contribution in [0.25, 0.3) is 0 Å². The average Bonchev–Trinajstić information content (AvgIpc) is 3.57. The molecule has 42 heavy (non-hydrogen) atoms. The maximum atomic E-state index is 14.1. The number of nitrogens with zero attached hydrogens (tertiary/aromatic N) is 3. The van der Waals surface area contributed by atoms with Crippen LogP contribution >= 0.6 is 0 Å². The Bertz CT molecular complexity index is 1470. The number of rotatable bonds is 7. The maximum Gasteiger partial charge on any atom is 0.273 e. The first kappa shape index (κ1) is 29.0. The summed E-state index contributed by atoms with van der Waals surface area (Å²) in [5.41, 5.74) is 2.57. The predicted octanol–water partition coefficient (Wildman–Crippen LogP) is 3.42. The van der Waals surface area contributed by atoms with E-state index in [-0.39, 0.29) is 47.6 Å². The summed E-state index contributed by atoms with van der Waals surface area (Å²) in [5.74, 6) is -0.558. The molecule has 2 aliphatic rings. The highest BCUT2D eigenvalue weighted by molar-refractivity contribution is 6.03. The van der Waals surface area contributed by atoms with Crippen LogP contribution in [0.2, 0.25) is 0 Å². The van der Waals surface area contributed by atoms with Gasteiger partial charge in [0, 0.05) is 24.7 Å². The highest BCUT2D eigenvalue weighted by Crippen LogP contribution is 2.31. The van der Waals surface area contributed by atoms with Gasteiger partial charge in [0.2, 0.25) is 5.91 Å². The van der Waals surface area contributed by atoms with Crippen LogP contribution in [0.1, 0.15) is 59.2 Å². The van der Waals surface area contributed by atoms with E-state index in [1.165, 1.54) is 16.0 Å². The average molecular weight is 569 g/mol. The summed E-state index contributed by atoms with van der Waals surface area (Å²) in [6.07, 6.45) is 2.24. The van der Waals surface area contributed by atoms with E-state index >= 15 is 0 Å². The molecule has 0 saturated carbocycles. The van der Waals surface area contributed by atoms with E-state index in [0.29, 0.717) is 24.3 Å². The van der Waals surface area contributed by atoms with Crippen LogP contribution in [-0.2, 0) is 21.4 Å². The van der Waals surface area contributed by atoms with Crippen molar-refractivity contribution in [1.29, 1.82) is 0 Å². The Kier molecular flexibility index (Phi) is 8.11. The standard InChI is InChI=1S/C33H36N4O5/c1-33(2,3)23-12-10-22(11-13-23)30(39)35-26(19-21-8-14-24(42-4)15-9-21)32(41)36-18-16-27-29(36)28(38)20-37(27)31(40)25-7-5-6-17-34-25/h5-15,17,26-27,29H,16,18-20H2,1-4H3,(H,35,39). The molecule has 3 heterocycles. The lowest BCUT2D eigenvalue weighted by molar-refractivity contribution is -0.138. The second-order valence-electron chi connectivity index (χ2n) is 11.9. The number of Topliss-reactive ketones (excluding diaryl/α,β-unsaturated/α-hetero) is 1. The molecule has 0 bridgehead atoms. The van der Waals surface area contributed by atoms with Gasteiger partial charge in [0.05, 0.1) is 19.7 Å². The molecule has 1 aromatic heterocycles. The Morgan fingerprint density at radius 3 is 2.33 bits per heavy atom. The lowest BCUT2D eigenvalue weighted by Gasteiger charge is -2.28. The molecule has 2 aromatic carbocycles. The lowest BCUT2D eigenvalue weighted by Crippen LogP contribution is -2.53. The smallest absolute Gasteiger partial charge is 0.273 e. The molecule has 2 fully saturated rings. The second kappa shape index (κ2) is 11.8. The summed E-state index contributed by atoms with van der Waals surface area (Å²) in [7, 11) is 1.58. The fraction of sp³-hybridized carbons (Fsp3) is 0.364. The minimum Gasteiger partial charge on any atom is -0.497 e. The molecule has 3 unspecified atom stereocenters. The lowest BCUT2D eigenvalue weighted by atomic mass is 9.86. The molecule has 3 amide bonds. The van der Waals surface area contributed by atoms with Crippen LogP contribution in [0.15, 0.2) is 72.9 Å². The first-order valence-corrected chi connectivity index (χ1v) is 14.2. The third-order valence-corrected chi connectivity index (χ3v) is 8.07. The third-order valence-electron chi connectivity index (χ3n) is 8.07. The minimum atomic E-state index is -0.916. The first-order chi connectivity index (χ1) is 20.1. The second-order valence-corrected chi connectivity index (χ2v) is 11.9. The van der Waals surface area contributed by atoms with Crippen molar-refractivity contribution in [1.82, 2.24) is 20.1 Å². The van der Waals surface area contributed by atoms with E-state index in [1.807, 2.05) is 24.3 Å². The molecule has 0 spiro atoms. The maximum absolute atomic E-state index is 14.1. The molecule has 0 radical (unpaired) electrons. The molecule has 9 nitrogen and oxygen atoms in total. The number of carbonyl (C=O) groups excluding carboxylic acids is 4. The van der Waals surface area contributed by atoms with Crippen molar-refractivity contribution in [2.45, 2.75) is 57.2 Å². The zero-order chi connectivity index (χ0) is 30.0. The number of ether oxygens (including phenoxy) is 1. The van der Waals surface area contributed by atoms with Crippen molar-refractivity contribution >= 4 is 23.5 Å². The van der Waals surface area contributed by atoms with Gasteiger partial charge < -0.3 is 19.9 Å². The molecule has 2 aliphatic heterocycles.